The van der Waals surface area contributed by atoms with Gasteiger partial charge in [-0.05, 0) is 78.6 Å². The van der Waals surface area contributed by atoms with Gasteiger partial charge in [0.15, 0.2) is 11.5 Å². The monoisotopic (exact) mass is 430 g/mol. The van der Waals surface area contributed by atoms with Crippen LogP contribution >= 0.6 is 0 Å². The number of phenols is 1. The Balaban J connectivity index is 1.53. The van der Waals surface area contributed by atoms with E-state index in [1.54, 1.807) is 6.07 Å². The number of carbonyl (C=O) groups excluding carboxylic acids is 1. The molecule has 7 nitrogen and oxygen atoms in total. The van der Waals surface area contributed by atoms with Crippen LogP contribution in [0.15, 0.2) is 12.1 Å². The van der Waals surface area contributed by atoms with Crippen LogP contribution < -0.4 is 10.1 Å². The van der Waals surface area contributed by atoms with Gasteiger partial charge >= 0.3 is 5.97 Å². The van der Waals surface area contributed by atoms with Crippen LogP contribution in [0.3, 0.4) is 0 Å². The lowest BCUT2D eigenvalue weighted by Gasteiger charge is -2.63. The van der Waals surface area contributed by atoms with Gasteiger partial charge in [0, 0.05) is 17.6 Å². The van der Waals surface area contributed by atoms with Gasteiger partial charge in [0.25, 0.3) is 0 Å². The molecule has 0 amide bonds. The van der Waals surface area contributed by atoms with E-state index in [1.807, 2.05) is 33.8 Å². The molecule has 31 heavy (non-hydrogen) atoms. The molecule has 2 heterocycles. The average Bonchev–Trinajstić information content (AvgIpc) is 3.03. The summed E-state index contributed by atoms with van der Waals surface area (Å²) < 4.78 is 12.0. The maximum atomic E-state index is 12.6. The van der Waals surface area contributed by atoms with Crippen molar-refractivity contribution in [3.63, 3.8) is 0 Å². The first-order valence-corrected chi connectivity index (χ1v) is 11.4. The topological polar surface area (TPSA) is 91.3 Å². The summed E-state index contributed by atoms with van der Waals surface area (Å²) in [6, 6.07) is 3.06. The van der Waals surface area contributed by atoms with Gasteiger partial charge in [-0.1, -0.05) is 6.07 Å². The Morgan fingerprint density at radius 1 is 1.35 bits per heavy atom. The number of aliphatic hydroxyl groups is 1. The van der Waals surface area contributed by atoms with E-state index in [0.717, 1.165) is 30.5 Å². The second kappa shape index (κ2) is 6.59. The first-order valence-electron chi connectivity index (χ1n) is 11.4. The lowest BCUT2D eigenvalue weighted by Crippen LogP contribution is -2.78. The van der Waals surface area contributed by atoms with E-state index in [-0.39, 0.29) is 29.9 Å². The van der Waals surface area contributed by atoms with Crippen LogP contribution in [0.4, 0.5) is 0 Å². The zero-order valence-corrected chi connectivity index (χ0v) is 19.1. The van der Waals surface area contributed by atoms with Crippen molar-refractivity contribution in [2.75, 3.05) is 13.6 Å². The van der Waals surface area contributed by atoms with Gasteiger partial charge < -0.3 is 24.6 Å². The highest BCUT2D eigenvalue weighted by Crippen LogP contribution is 2.65. The zero-order valence-electron chi connectivity index (χ0n) is 19.1. The molecule has 2 fully saturated rings. The third kappa shape index (κ3) is 2.79. The van der Waals surface area contributed by atoms with Crippen LogP contribution in [0.2, 0.25) is 0 Å². The number of likely N-dealkylation sites (N-methyl/N-ethyl adjacent to an activating group) is 1. The highest BCUT2D eigenvalue weighted by Gasteiger charge is 2.72. The maximum Gasteiger partial charge on any atom is 0.323 e. The van der Waals surface area contributed by atoms with Gasteiger partial charge in [-0.25, -0.2) is 0 Å². The summed E-state index contributed by atoms with van der Waals surface area (Å²) in [6.07, 6.45) is 2.46. The molecule has 2 aliphatic carbocycles. The lowest BCUT2D eigenvalue weighted by atomic mass is 9.48. The fraction of sp³-hybridized carbons (Fsp3) is 0.708. The van der Waals surface area contributed by atoms with E-state index in [2.05, 4.69) is 17.3 Å². The number of rotatable bonds is 3. The number of hydrogen-bond donors (Lipinski definition) is 3. The Hall–Kier alpha value is -1.83. The van der Waals surface area contributed by atoms with Crippen LogP contribution in [-0.4, -0.2) is 70.1 Å². The molecule has 1 saturated carbocycles. The second-order valence-corrected chi connectivity index (χ2v) is 10.9. The van der Waals surface area contributed by atoms with Crippen molar-refractivity contribution in [2.24, 2.45) is 0 Å². The second-order valence-electron chi connectivity index (χ2n) is 10.9. The number of aromatic hydroxyl groups is 1. The molecule has 1 saturated heterocycles. The average molecular weight is 431 g/mol. The SMILES string of the molecule is C[C@H](N[C@@H]1CC[C@@]2(O)[C@H]3Cc4ccc(O)c5c4[C@@]2(CCN3C)[C@H]1O5)C(=O)OC(C)(C)C. The summed E-state index contributed by atoms with van der Waals surface area (Å²) >= 11 is 0. The van der Waals surface area contributed by atoms with E-state index in [4.69, 9.17) is 9.47 Å². The number of esters is 1. The first kappa shape index (κ1) is 21.0. The van der Waals surface area contributed by atoms with E-state index in [1.165, 1.54) is 0 Å². The van der Waals surface area contributed by atoms with Gasteiger partial charge in [0.2, 0.25) is 0 Å². The minimum Gasteiger partial charge on any atom is -0.504 e. The summed E-state index contributed by atoms with van der Waals surface area (Å²) in [5.74, 6) is 0.346. The van der Waals surface area contributed by atoms with E-state index in [0.29, 0.717) is 18.6 Å². The van der Waals surface area contributed by atoms with Crippen molar-refractivity contribution in [2.45, 2.75) is 94.2 Å². The van der Waals surface area contributed by atoms with Crippen molar-refractivity contribution in [3.8, 4) is 11.5 Å². The summed E-state index contributed by atoms with van der Waals surface area (Å²) in [5.41, 5.74) is 0.0710. The lowest BCUT2D eigenvalue weighted by molar-refractivity contribution is -0.188. The van der Waals surface area contributed by atoms with Crippen LogP contribution in [0.25, 0.3) is 0 Å². The maximum absolute atomic E-state index is 12.6. The van der Waals surface area contributed by atoms with E-state index in [9.17, 15) is 15.0 Å². The van der Waals surface area contributed by atoms with Crippen molar-refractivity contribution < 1.29 is 24.5 Å². The minimum absolute atomic E-state index is 0.0135. The number of benzene rings is 1. The number of phenolic OH excluding ortho intramolecular Hbond substituents is 1. The largest absolute Gasteiger partial charge is 0.504 e. The Labute approximate surface area is 183 Å². The van der Waals surface area contributed by atoms with Crippen LogP contribution in [-0.2, 0) is 21.4 Å². The van der Waals surface area contributed by atoms with Crippen molar-refractivity contribution in [1.29, 1.82) is 0 Å². The van der Waals surface area contributed by atoms with E-state index < -0.39 is 22.7 Å². The van der Waals surface area contributed by atoms with Gasteiger partial charge in [0.05, 0.1) is 11.0 Å². The van der Waals surface area contributed by atoms with Crippen molar-refractivity contribution >= 4 is 5.97 Å². The third-order valence-electron chi connectivity index (χ3n) is 7.95. The summed E-state index contributed by atoms with van der Waals surface area (Å²) in [5, 5.41) is 26.2. The molecule has 2 aliphatic heterocycles. The number of ether oxygens (including phenoxy) is 2. The van der Waals surface area contributed by atoms with Gasteiger partial charge in [-0.3, -0.25) is 10.1 Å². The van der Waals surface area contributed by atoms with E-state index >= 15 is 0 Å². The molecular formula is C24H34N2O5. The molecule has 3 N–H and O–H groups in total. The highest BCUT2D eigenvalue weighted by molar-refractivity contribution is 5.75. The molecule has 0 unspecified atom stereocenters. The molecule has 7 heteroatoms. The quantitative estimate of drug-likeness (QED) is 0.631. The van der Waals surface area contributed by atoms with Gasteiger partial charge in [-0.15, -0.1) is 0 Å². The fourth-order valence-electron chi connectivity index (χ4n) is 6.70. The minimum atomic E-state index is -0.927. The Kier molecular flexibility index (Phi) is 4.47. The fourth-order valence-corrected chi connectivity index (χ4v) is 6.70. The van der Waals surface area contributed by atoms with Crippen molar-refractivity contribution in [1.82, 2.24) is 10.2 Å². The molecule has 170 valence electrons. The summed E-state index contributed by atoms with van der Waals surface area (Å²) in [4.78, 5) is 14.9. The highest BCUT2D eigenvalue weighted by atomic mass is 16.6. The molecule has 1 spiro atoms. The standard InChI is InChI=1S/C24H34N2O5/c1-13(21(28)31-22(2,3)4)25-15-8-9-24(29)17-12-14-6-7-16(27)19-18(14)23(24,20(15)30-19)10-11-26(17)5/h6-7,13,15,17,20,25,27,29H,8-12H2,1-5H3/t13-,15+,17+,20-,23-,24+/m0/s1. The predicted molar refractivity (Wildman–Crippen MR) is 115 cm³/mol. The summed E-state index contributed by atoms with van der Waals surface area (Å²) in [7, 11) is 2.08. The number of likely N-dealkylation sites (tertiary alicyclic amines) is 1. The van der Waals surface area contributed by atoms with Gasteiger partial charge in [-0.2, -0.15) is 0 Å². The number of hydrogen-bond acceptors (Lipinski definition) is 7. The van der Waals surface area contributed by atoms with Crippen LogP contribution in [0.1, 0.15) is 58.1 Å². The van der Waals surface area contributed by atoms with Crippen LogP contribution in [0, 0.1) is 0 Å². The molecule has 1 aromatic rings. The Morgan fingerprint density at radius 2 is 2.10 bits per heavy atom. The zero-order chi connectivity index (χ0) is 22.3. The first-order chi connectivity index (χ1) is 14.5. The van der Waals surface area contributed by atoms with Gasteiger partial charge in [0.1, 0.15) is 17.7 Å². The molecular weight excluding hydrogens is 396 g/mol. The number of piperidine rings is 1. The predicted octanol–water partition coefficient (Wildman–Crippen LogP) is 1.86. The smallest absolute Gasteiger partial charge is 0.323 e. The Morgan fingerprint density at radius 3 is 2.81 bits per heavy atom. The molecule has 0 aromatic heterocycles. The Bertz CT molecular complexity index is 927. The molecule has 6 atom stereocenters. The molecule has 1 aromatic carbocycles. The molecule has 4 aliphatic rings. The number of nitrogens with one attached hydrogen (secondary N) is 1. The molecule has 0 radical (unpaired) electrons. The number of carbonyl (C=O) groups is 1. The molecule has 5 rings (SSSR count). The van der Waals surface area contributed by atoms with Crippen LogP contribution in [0.5, 0.6) is 11.5 Å². The summed E-state index contributed by atoms with van der Waals surface area (Å²) in [6.45, 7) is 8.25. The number of nitrogens with zero attached hydrogens (tertiary/aromatic N) is 1. The third-order valence-corrected chi connectivity index (χ3v) is 7.95. The van der Waals surface area contributed by atoms with Crippen molar-refractivity contribution in [3.05, 3.63) is 23.3 Å². The molecule has 2 bridgehead atoms. The normalized spacial score (nSPS) is 37.0.